The summed E-state index contributed by atoms with van der Waals surface area (Å²) in [6, 6.07) is 0.761. The van der Waals surface area contributed by atoms with E-state index < -0.39 is 0 Å². The first-order chi connectivity index (χ1) is 4.25. The minimum Gasteiger partial charge on any atom is -0.395 e. The van der Waals surface area contributed by atoms with Crippen molar-refractivity contribution >= 4 is 0 Å². The summed E-state index contributed by atoms with van der Waals surface area (Å²) in [5.41, 5.74) is 0. The monoisotopic (exact) mass is 129 g/mol. The minimum atomic E-state index is 0.309. The number of β-amino-alcohol motifs (C(OH)–C–C–N with tert-alkyl or cyclic N) is 1. The molecule has 0 aromatic heterocycles. The molecule has 54 valence electrons. The molecule has 1 rings (SSSR count). The van der Waals surface area contributed by atoms with Crippen molar-refractivity contribution < 1.29 is 5.11 Å². The highest BCUT2D eigenvalue weighted by atomic mass is 16.3. The lowest BCUT2D eigenvalue weighted by molar-refractivity contribution is 0.260. The topological polar surface area (TPSA) is 23.2 Å². The highest BCUT2D eigenvalue weighted by Gasteiger charge is 2.35. The van der Waals surface area contributed by atoms with Crippen LogP contribution in [0.1, 0.15) is 13.8 Å². The van der Waals surface area contributed by atoms with Gasteiger partial charge in [0.05, 0.1) is 6.61 Å². The fraction of sp³-hybridized carbons (Fsp3) is 1.00. The summed E-state index contributed by atoms with van der Waals surface area (Å²) < 4.78 is 0. The van der Waals surface area contributed by atoms with Gasteiger partial charge in [0.2, 0.25) is 0 Å². The first kappa shape index (κ1) is 7.03. The van der Waals surface area contributed by atoms with Gasteiger partial charge in [0.15, 0.2) is 0 Å². The van der Waals surface area contributed by atoms with Gasteiger partial charge >= 0.3 is 0 Å². The number of aliphatic hydroxyl groups excluding tert-OH is 1. The predicted molar refractivity (Wildman–Crippen MR) is 37.3 cm³/mol. The standard InChI is InChI=1S/C7H15NO/c1-6(2)7-5-8(7)3-4-9/h6-7,9H,3-5H2,1-2H3/t7-,8?/m1/s1. The number of hydrogen-bond donors (Lipinski definition) is 1. The maximum Gasteiger partial charge on any atom is 0.0558 e. The van der Waals surface area contributed by atoms with Gasteiger partial charge in [-0.1, -0.05) is 13.8 Å². The summed E-state index contributed by atoms with van der Waals surface area (Å²) in [7, 11) is 0. The number of hydrogen-bond acceptors (Lipinski definition) is 2. The molecule has 0 amide bonds. The Morgan fingerprint density at radius 1 is 1.67 bits per heavy atom. The molecule has 1 aliphatic rings. The van der Waals surface area contributed by atoms with Crippen molar-refractivity contribution in [3.05, 3.63) is 0 Å². The molecule has 2 atom stereocenters. The van der Waals surface area contributed by atoms with Crippen molar-refractivity contribution in [1.82, 2.24) is 4.90 Å². The van der Waals surface area contributed by atoms with E-state index in [4.69, 9.17) is 5.11 Å². The third-order valence-electron chi connectivity index (χ3n) is 1.91. The molecule has 0 aliphatic carbocycles. The van der Waals surface area contributed by atoms with Crippen LogP contribution in [0.15, 0.2) is 0 Å². The van der Waals surface area contributed by atoms with Crippen LogP contribution < -0.4 is 0 Å². The zero-order chi connectivity index (χ0) is 6.85. The number of nitrogens with zero attached hydrogens (tertiary/aromatic N) is 1. The molecule has 0 aromatic rings. The summed E-state index contributed by atoms with van der Waals surface area (Å²) in [5, 5.41) is 8.53. The largest absolute Gasteiger partial charge is 0.395 e. The molecule has 0 spiro atoms. The van der Waals surface area contributed by atoms with Crippen molar-refractivity contribution in [3.63, 3.8) is 0 Å². The van der Waals surface area contributed by atoms with Crippen molar-refractivity contribution in [2.75, 3.05) is 19.7 Å². The molecular weight excluding hydrogens is 114 g/mol. The van der Waals surface area contributed by atoms with Crippen LogP contribution in [0.5, 0.6) is 0 Å². The van der Waals surface area contributed by atoms with Gasteiger partial charge in [-0.15, -0.1) is 0 Å². The zero-order valence-corrected chi connectivity index (χ0v) is 6.17. The van der Waals surface area contributed by atoms with E-state index in [1.165, 1.54) is 6.54 Å². The summed E-state index contributed by atoms with van der Waals surface area (Å²) in [4.78, 5) is 2.30. The van der Waals surface area contributed by atoms with Crippen molar-refractivity contribution in [3.8, 4) is 0 Å². The molecule has 1 heterocycles. The normalized spacial score (nSPS) is 33.3. The van der Waals surface area contributed by atoms with Gasteiger partial charge in [-0.3, -0.25) is 4.90 Å². The van der Waals surface area contributed by atoms with Gasteiger partial charge in [0.25, 0.3) is 0 Å². The van der Waals surface area contributed by atoms with E-state index in [9.17, 15) is 0 Å². The first-order valence-electron chi connectivity index (χ1n) is 3.60. The van der Waals surface area contributed by atoms with Crippen LogP contribution in [0.25, 0.3) is 0 Å². The van der Waals surface area contributed by atoms with E-state index in [2.05, 4.69) is 18.7 Å². The fourth-order valence-electron chi connectivity index (χ4n) is 1.21. The summed E-state index contributed by atoms with van der Waals surface area (Å²) in [6.07, 6.45) is 0. The lowest BCUT2D eigenvalue weighted by Gasteiger charge is -2.02. The van der Waals surface area contributed by atoms with E-state index in [0.29, 0.717) is 6.61 Å². The lowest BCUT2D eigenvalue weighted by Crippen LogP contribution is -2.11. The smallest absolute Gasteiger partial charge is 0.0558 e. The first-order valence-corrected chi connectivity index (χ1v) is 3.60. The Hall–Kier alpha value is -0.0800. The van der Waals surface area contributed by atoms with Gasteiger partial charge in [0.1, 0.15) is 0 Å². The molecule has 1 saturated heterocycles. The van der Waals surface area contributed by atoms with E-state index in [0.717, 1.165) is 18.5 Å². The van der Waals surface area contributed by atoms with E-state index >= 15 is 0 Å². The molecule has 2 nitrogen and oxygen atoms in total. The third kappa shape index (κ3) is 1.66. The van der Waals surface area contributed by atoms with Crippen LogP contribution in [0.4, 0.5) is 0 Å². The Kier molecular flexibility index (Phi) is 2.09. The Labute approximate surface area is 56.5 Å². The quantitative estimate of drug-likeness (QED) is 0.555. The Morgan fingerprint density at radius 3 is 2.67 bits per heavy atom. The van der Waals surface area contributed by atoms with Crippen molar-refractivity contribution in [1.29, 1.82) is 0 Å². The van der Waals surface area contributed by atoms with E-state index in [-0.39, 0.29) is 0 Å². The van der Waals surface area contributed by atoms with Gasteiger partial charge < -0.3 is 5.11 Å². The molecule has 0 bridgehead atoms. The maximum atomic E-state index is 8.53. The molecule has 9 heavy (non-hydrogen) atoms. The van der Waals surface area contributed by atoms with Gasteiger partial charge in [-0.2, -0.15) is 0 Å². The van der Waals surface area contributed by atoms with Crippen LogP contribution in [0.2, 0.25) is 0 Å². The SMILES string of the molecule is CC(C)[C@H]1CN1CCO. The summed E-state index contributed by atoms with van der Waals surface area (Å²) in [6.45, 7) is 6.81. The average Bonchev–Trinajstić information content (AvgIpc) is 2.47. The van der Waals surface area contributed by atoms with E-state index in [1.807, 2.05) is 0 Å². The number of aliphatic hydroxyl groups is 1. The number of rotatable bonds is 3. The van der Waals surface area contributed by atoms with Crippen LogP contribution in [-0.2, 0) is 0 Å². The van der Waals surface area contributed by atoms with Crippen molar-refractivity contribution in [2.45, 2.75) is 19.9 Å². The van der Waals surface area contributed by atoms with Crippen molar-refractivity contribution in [2.24, 2.45) is 5.92 Å². The second-order valence-electron chi connectivity index (χ2n) is 3.03. The highest BCUT2D eigenvalue weighted by molar-refractivity contribution is 4.90. The molecule has 1 N–H and O–H groups in total. The second kappa shape index (κ2) is 2.67. The second-order valence-corrected chi connectivity index (χ2v) is 3.03. The molecule has 1 aliphatic heterocycles. The third-order valence-corrected chi connectivity index (χ3v) is 1.91. The molecule has 0 saturated carbocycles. The average molecular weight is 129 g/mol. The zero-order valence-electron chi connectivity index (χ0n) is 6.17. The molecule has 1 unspecified atom stereocenters. The molecule has 2 heteroatoms. The lowest BCUT2D eigenvalue weighted by atomic mass is 10.1. The predicted octanol–water partition coefficient (Wildman–Crippen LogP) is 0.319. The van der Waals surface area contributed by atoms with Crippen LogP contribution in [0, 0.1) is 5.92 Å². The van der Waals surface area contributed by atoms with Crippen LogP contribution in [-0.4, -0.2) is 35.7 Å². The Bertz CT molecular complexity index is 92.9. The molecule has 1 fully saturated rings. The van der Waals surface area contributed by atoms with Crippen LogP contribution in [0.3, 0.4) is 0 Å². The van der Waals surface area contributed by atoms with E-state index in [1.54, 1.807) is 0 Å². The fourth-order valence-corrected chi connectivity index (χ4v) is 1.21. The Balaban J connectivity index is 2.09. The minimum absolute atomic E-state index is 0.309. The highest BCUT2D eigenvalue weighted by Crippen LogP contribution is 2.23. The Morgan fingerprint density at radius 2 is 2.33 bits per heavy atom. The maximum absolute atomic E-state index is 8.53. The molecular formula is C7H15NO. The van der Waals surface area contributed by atoms with Gasteiger partial charge in [-0.05, 0) is 5.92 Å². The van der Waals surface area contributed by atoms with Gasteiger partial charge in [0, 0.05) is 19.1 Å². The summed E-state index contributed by atoms with van der Waals surface area (Å²) in [5.74, 6) is 0.761. The van der Waals surface area contributed by atoms with Gasteiger partial charge in [-0.25, -0.2) is 0 Å². The van der Waals surface area contributed by atoms with Crippen LogP contribution >= 0.6 is 0 Å². The summed E-state index contributed by atoms with van der Waals surface area (Å²) >= 11 is 0. The molecule has 0 aromatic carbocycles. The molecule has 0 radical (unpaired) electrons.